The molecule has 3 rings (SSSR count). The molecule has 1 aliphatic rings. The van der Waals surface area contributed by atoms with Gasteiger partial charge in [-0.15, -0.1) is 0 Å². The average molecular weight is 533 g/mol. The highest BCUT2D eigenvalue weighted by Gasteiger charge is 2.43. The molecule has 192 valence electrons. The van der Waals surface area contributed by atoms with Gasteiger partial charge in [-0.3, -0.25) is 4.79 Å². The van der Waals surface area contributed by atoms with Gasteiger partial charge in [0, 0.05) is 19.1 Å². The monoisotopic (exact) mass is 532 g/mol. The highest BCUT2D eigenvalue weighted by molar-refractivity contribution is 6.33. The van der Waals surface area contributed by atoms with Crippen LogP contribution in [-0.4, -0.2) is 30.1 Å². The summed E-state index contributed by atoms with van der Waals surface area (Å²) in [6.45, 7) is 0.822. The fourth-order valence-electron chi connectivity index (χ4n) is 3.86. The van der Waals surface area contributed by atoms with Gasteiger partial charge in [0.05, 0.1) is 21.8 Å². The number of rotatable bonds is 3. The van der Waals surface area contributed by atoms with Crippen LogP contribution in [0.5, 0.6) is 0 Å². The zero-order valence-corrected chi connectivity index (χ0v) is 18.7. The Morgan fingerprint density at radius 2 is 1.46 bits per heavy atom. The summed E-state index contributed by atoms with van der Waals surface area (Å²) in [5.41, 5.74) is -2.11. The average Bonchev–Trinajstić information content (AvgIpc) is 2.95. The molecule has 0 spiro atoms. The van der Waals surface area contributed by atoms with Gasteiger partial charge in [0.1, 0.15) is 0 Å². The minimum atomic E-state index is -5.05. The Labute approximate surface area is 198 Å². The van der Waals surface area contributed by atoms with E-state index in [0.29, 0.717) is 28.2 Å². The molecular formula is C22H18ClF9N2O. The first kappa shape index (κ1) is 27.0. The van der Waals surface area contributed by atoms with Gasteiger partial charge in [0.15, 0.2) is 0 Å². The number of carbonyl (C=O) groups is 1. The summed E-state index contributed by atoms with van der Waals surface area (Å²) in [5, 5.41) is 2.90. The second-order valence-corrected chi connectivity index (χ2v) is 8.46. The molecule has 0 aromatic heterocycles. The number of nitrogens with zero attached hydrogens (tertiary/aromatic N) is 1. The van der Waals surface area contributed by atoms with Crippen LogP contribution in [0.3, 0.4) is 0 Å². The number of benzene rings is 2. The molecule has 3 nitrogen and oxygen atoms in total. The van der Waals surface area contributed by atoms with Crippen molar-refractivity contribution in [2.75, 3.05) is 18.4 Å². The molecular weight excluding hydrogens is 515 g/mol. The highest BCUT2D eigenvalue weighted by Crippen LogP contribution is 2.39. The SMILES string of the molecule is CC(Nc1c(Cl)ccc2c1CCN(C(=O)C(F)(F)F)CC2)c1cc(C(F)(F)F)cc(C(F)(F)F)c1. The van der Waals surface area contributed by atoms with Crippen molar-refractivity contribution in [3.05, 3.63) is 63.2 Å². The first-order valence-corrected chi connectivity index (χ1v) is 10.6. The molecule has 2 aromatic carbocycles. The minimum absolute atomic E-state index is 0.0179. The van der Waals surface area contributed by atoms with Crippen molar-refractivity contribution in [2.24, 2.45) is 0 Å². The summed E-state index contributed by atoms with van der Waals surface area (Å²) in [5.74, 6) is -2.00. The van der Waals surface area contributed by atoms with Crippen molar-refractivity contribution >= 4 is 23.2 Å². The Balaban J connectivity index is 1.95. The third-order valence-electron chi connectivity index (χ3n) is 5.64. The van der Waals surface area contributed by atoms with Crippen LogP contribution in [0.1, 0.15) is 40.8 Å². The third kappa shape index (κ3) is 6.14. The number of hydrogen-bond acceptors (Lipinski definition) is 2. The van der Waals surface area contributed by atoms with E-state index in [1.54, 1.807) is 6.07 Å². The molecule has 1 atom stereocenters. The summed E-state index contributed by atoms with van der Waals surface area (Å²) >= 11 is 6.24. The van der Waals surface area contributed by atoms with Crippen molar-refractivity contribution in [3.8, 4) is 0 Å². The zero-order valence-electron chi connectivity index (χ0n) is 17.9. The summed E-state index contributed by atoms with van der Waals surface area (Å²) < 4.78 is 118. The van der Waals surface area contributed by atoms with E-state index in [1.165, 1.54) is 13.0 Å². The maximum absolute atomic E-state index is 13.2. The first-order valence-electron chi connectivity index (χ1n) is 10.2. The van der Waals surface area contributed by atoms with Crippen molar-refractivity contribution in [1.82, 2.24) is 4.90 Å². The Kier molecular flexibility index (Phi) is 7.27. The van der Waals surface area contributed by atoms with E-state index in [9.17, 15) is 44.3 Å². The quantitative estimate of drug-likeness (QED) is 0.430. The van der Waals surface area contributed by atoms with Crippen molar-refractivity contribution in [1.29, 1.82) is 0 Å². The molecule has 0 radical (unpaired) electrons. The van der Waals surface area contributed by atoms with Crippen LogP contribution >= 0.6 is 11.6 Å². The predicted octanol–water partition coefficient (Wildman–Crippen LogP) is 7.04. The van der Waals surface area contributed by atoms with Crippen LogP contribution in [0.2, 0.25) is 5.02 Å². The molecule has 1 unspecified atom stereocenters. The molecule has 0 saturated heterocycles. The van der Waals surface area contributed by atoms with E-state index in [1.807, 2.05) is 0 Å². The highest BCUT2D eigenvalue weighted by atomic mass is 35.5. The zero-order chi connectivity index (χ0) is 26.3. The normalized spacial score (nSPS) is 15.9. The van der Waals surface area contributed by atoms with E-state index in [0.717, 1.165) is 0 Å². The van der Waals surface area contributed by atoms with Crippen molar-refractivity contribution in [3.63, 3.8) is 0 Å². The second-order valence-electron chi connectivity index (χ2n) is 8.06. The fourth-order valence-corrected chi connectivity index (χ4v) is 4.09. The van der Waals surface area contributed by atoms with Gasteiger partial charge in [0.25, 0.3) is 0 Å². The summed E-state index contributed by atoms with van der Waals surface area (Å²) in [4.78, 5) is 12.3. The van der Waals surface area contributed by atoms with Gasteiger partial charge in [-0.1, -0.05) is 17.7 Å². The Morgan fingerprint density at radius 1 is 0.914 bits per heavy atom. The Morgan fingerprint density at radius 3 is 1.97 bits per heavy atom. The van der Waals surface area contributed by atoms with Crippen LogP contribution in [-0.2, 0) is 30.0 Å². The summed E-state index contributed by atoms with van der Waals surface area (Å²) in [6, 6.07) is 3.09. The van der Waals surface area contributed by atoms with Gasteiger partial charge >= 0.3 is 24.4 Å². The fraction of sp³-hybridized carbons (Fsp3) is 0.409. The van der Waals surface area contributed by atoms with Crippen molar-refractivity contribution in [2.45, 2.75) is 44.3 Å². The topological polar surface area (TPSA) is 32.3 Å². The largest absolute Gasteiger partial charge is 0.471 e. The molecule has 0 fully saturated rings. The lowest BCUT2D eigenvalue weighted by atomic mass is 9.97. The lowest BCUT2D eigenvalue weighted by Crippen LogP contribution is -2.42. The minimum Gasteiger partial charge on any atom is -0.377 e. The van der Waals surface area contributed by atoms with Crippen LogP contribution in [0.4, 0.5) is 45.2 Å². The van der Waals surface area contributed by atoms with Crippen LogP contribution in [0.25, 0.3) is 0 Å². The van der Waals surface area contributed by atoms with Gasteiger partial charge in [-0.05, 0) is 60.7 Å². The molecule has 0 aliphatic carbocycles. The maximum atomic E-state index is 13.2. The number of nitrogens with one attached hydrogen (secondary N) is 1. The standard InChI is InChI=1S/C22H18ClF9N2O/c1-11(13-8-14(20(24,25)26)10-15(9-13)21(27,28)29)33-18-16-5-7-34(19(35)22(30,31)32)6-4-12(16)2-3-17(18)23/h2-3,8-11,33H,4-7H2,1H3. The lowest BCUT2D eigenvalue weighted by Gasteiger charge is -2.23. The van der Waals surface area contributed by atoms with E-state index < -0.39 is 41.6 Å². The Bertz CT molecular complexity index is 1080. The number of amides is 1. The molecule has 1 N–H and O–H groups in total. The summed E-state index contributed by atoms with van der Waals surface area (Å²) in [7, 11) is 0. The molecule has 1 aliphatic heterocycles. The number of anilines is 1. The van der Waals surface area contributed by atoms with E-state index >= 15 is 0 Å². The maximum Gasteiger partial charge on any atom is 0.471 e. The number of alkyl halides is 9. The van der Waals surface area contributed by atoms with Crippen LogP contribution < -0.4 is 5.32 Å². The van der Waals surface area contributed by atoms with Gasteiger partial charge in [0.2, 0.25) is 0 Å². The van der Waals surface area contributed by atoms with E-state index in [2.05, 4.69) is 5.32 Å². The van der Waals surface area contributed by atoms with Crippen molar-refractivity contribution < 1.29 is 44.3 Å². The molecule has 2 aromatic rings. The van der Waals surface area contributed by atoms with Crippen LogP contribution in [0, 0.1) is 0 Å². The van der Waals surface area contributed by atoms with Gasteiger partial charge in [-0.25, -0.2) is 0 Å². The molecule has 13 heteroatoms. The third-order valence-corrected chi connectivity index (χ3v) is 5.96. The Hall–Kier alpha value is -2.63. The van der Waals surface area contributed by atoms with E-state index in [4.69, 9.17) is 11.6 Å². The van der Waals surface area contributed by atoms with Gasteiger partial charge in [-0.2, -0.15) is 39.5 Å². The number of halogens is 10. The number of carbonyl (C=O) groups excluding carboxylic acids is 1. The molecule has 0 bridgehead atoms. The smallest absolute Gasteiger partial charge is 0.377 e. The summed E-state index contributed by atoms with van der Waals surface area (Å²) in [6.07, 6.45) is -15.1. The van der Waals surface area contributed by atoms with Crippen LogP contribution in [0.15, 0.2) is 30.3 Å². The van der Waals surface area contributed by atoms with Gasteiger partial charge < -0.3 is 10.2 Å². The number of hydrogen-bond donors (Lipinski definition) is 1. The lowest BCUT2D eigenvalue weighted by molar-refractivity contribution is -0.185. The predicted molar refractivity (Wildman–Crippen MR) is 110 cm³/mol. The van der Waals surface area contributed by atoms with E-state index in [-0.39, 0.29) is 48.3 Å². The molecule has 35 heavy (non-hydrogen) atoms. The number of fused-ring (bicyclic) bond motifs is 1. The first-order chi connectivity index (χ1) is 16.0. The molecule has 0 saturated carbocycles. The molecule has 1 heterocycles. The second kappa shape index (κ2) is 9.44. The molecule has 1 amide bonds.